The number of carbonyl (C=O) groups excluding carboxylic acids is 1. The Morgan fingerprint density at radius 1 is 0.855 bits per heavy atom. The second-order valence-corrected chi connectivity index (χ2v) is 16.3. The van der Waals surface area contributed by atoms with Crippen LogP contribution in [0, 0.1) is 11.3 Å². The Bertz CT molecular complexity index is 1730. The van der Waals surface area contributed by atoms with Gasteiger partial charge in [0.1, 0.15) is 23.2 Å². The highest BCUT2D eigenvalue weighted by Gasteiger charge is 2.44. The summed E-state index contributed by atoms with van der Waals surface area (Å²) in [6.45, 7) is 8.84. The number of nitrogens with zero attached hydrogens (tertiary/aromatic N) is 2. The molecular weight excluding hydrogens is 732 g/mol. The Kier molecular flexibility index (Phi) is 16.1. The molecule has 0 bridgehead atoms. The molecule has 5 rings (SSSR count). The van der Waals surface area contributed by atoms with E-state index in [0.717, 1.165) is 33.8 Å². The molecule has 1 saturated heterocycles. The Balaban J connectivity index is 1.50. The highest BCUT2D eigenvalue weighted by atomic mass is 32.2. The summed E-state index contributed by atoms with van der Waals surface area (Å²) in [5.41, 5.74) is 2.76. The molecule has 9 nitrogen and oxygen atoms in total. The summed E-state index contributed by atoms with van der Waals surface area (Å²) >= 11 is 1.30. The van der Waals surface area contributed by atoms with Crippen molar-refractivity contribution in [3.05, 3.63) is 131 Å². The van der Waals surface area contributed by atoms with Crippen LogP contribution in [0.3, 0.4) is 0 Å². The third-order valence-electron chi connectivity index (χ3n) is 9.44. The molecule has 0 spiro atoms. The van der Waals surface area contributed by atoms with Crippen molar-refractivity contribution < 1.29 is 32.8 Å². The van der Waals surface area contributed by atoms with Crippen molar-refractivity contribution in [2.45, 2.75) is 88.7 Å². The Morgan fingerprint density at radius 2 is 1.40 bits per heavy atom. The van der Waals surface area contributed by atoms with E-state index in [1.54, 1.807) is 14.2 Å². The van der Waals surface area contributed by atoms with Crippen molar-refractivity contribution in [3.63, 3.8) is 0 Å². The summed E-state index contributed by atoms with van der Waals surface area (Å²) in [4.78, 5) is 13.4. The van der Waals surface area contributed by atoms with Crippen LogP contribution in [0.25, 0.3) is 0 Å². The van der Waals surface area contributed by atoms with E-state index >= 15 is 0 Å². The number of benzene rings is 4. The first-order valence-electron chi connectivity index (χ1n) is 18.8. The van der Waals surface area contributed by atoms with Gasteiger partial charge in [0.15, 0.2) is 5.12 Å². The van der Waals surface area contributed by atoms with Gasteiger partial charge in [-0.25, -0.2) is 4.67 Å². The number of nitriles is 1. The van der Waals surface area contributed by atoms with Gasteiger partial charge in [-0.15, -0.1) is 0 Å². The minimum absolute atomic E-state index is 0.0581. The summed E-state index contributed by atoms with van der Waals surface area (Å²) in [5, 5.41) is 9.38. The fourth-order valence-electron chi connectivity index (χ4n) is 6.86. The van der Waals surface area contributed by atoms with Gasteiger partial charge in [-0.3, -0.25) is 4.79 Å². The summed E-state index contributed by atoms with van der Waals surface area (Å²) in [6, 6.07) is 38.4. The van der Waals surface area contributed by atoms with E-state index in [1.807, 2.05) is 97.1 Å². The second-order valence-electron chi connectivity index (χ2n) is 13.9. The lowest BCUT2D eigenvalue weighted by atomic mass is 9.80. The van der Waals surface area contributed by atoms with E-state index in [2.05, 4.69) is 50.6 Å². The lowest BCUT2D eigenvalue weighted by Gasteiger charge is -2.39. The lowest BCUT2D eigenvalue weighted by molar-refractivity contribution is -0.115. The molecule has 1 heterocycles. The van der Waals surface area contributed by atoms with E-state index in [-0.39, 0.29) is 49.4 Å². The van der Waals surface area contributed by atoms with Crippen molar-refractivity contribution in [1.82, 2.24) is 4.67 Å². The third-order valence-corrected chi connectivity index (χ3v) is 12.6. The predicted molar refractivity (Wildman–Crippen MR) is 219 cm³/mol. The van der Waals surface area contributed by atoms with Crippen LogP contribution in [0.1, 0.15) is 69.2 Å². The number of hydrogen-bond acceptors (Lipinski definition) is 10. The van der Waals surface area contributed by atoms with Gasteiger partial charge in [0, 0.05) is 30.7 Å². The normalized spacial score (nSPS) is 17.7. The van der Waals surface area contributed by atoms with Crippen LogP contribution in [0.2, 0.25) is 0 Å². The molecular formula is C44H53N2O7PS. The molecule has 55 heavy (non-hydrogen) atoms. The number of hydrogen-bond donors (Lipinski definition) is 0. The predicted octanol–water partition coefficient (Wildman–Crippen LogP) is 9.68. The number of ether oxygens (including phenoxy) is 4. The summed E-state index contributed by atoms with van der Waals surface area (Å²) in [7, 11) is 1.72. The van der Waals surface area contributed by atoms with Gasteiger partial charge in [0.05, 0.1) is 52.1 Å². The van der Waals surface area contributed by atoms with Crippen molar-refractivity contribution in [3.8, 4) is 17.6 Å². The van der Waals surface area contributed by atoms with Crippen LogP contribution in [0.4, 0.5) is 0 Å². The molecule has 4 aromatic carbocycles. The summed E-state index contributed by atoms with van der Waals surface area (Å²) in [6.07, 6.45) is -0.407. The standard InChI is InChI=1S/C44H53N2O7PS/c1-32(2)46(33(3)4)54(51-27-13-26-45)53-41-28-40(29-43(47)55-31-34-14-9-7-10-15-34)52-42(41)30-50-44(35-16-11-8-12-17-35,36-18-22-38(48-5)23-19-36)37-20-24-39(49-6)25-21-37/h7-12,14-25,32-33,40-42H,13,27-31H2,1-6H3/t40-,41-,42+,54?/m0/s1. The molecule has 4 aromatic rings. The van der Waals surface area contributed by atoms with Crippen LogP contribution in [0.5, 0.6) is 11.5 Å². The zero-order chi connectivity index (χ0) is 39.2. The van der Waals surface area contributed by atoms with Crippen molar-refractivity contribution in [2.75, 3.05) is 27.4 Å². The zero-order valence-corrected chi connectivity index (χ0v) is 34.3. The first-order valence-corrected chi connectivity index (χ1v) is 20.9. The Morgan fingerprint density at radius 3 is 1.93 bits per heavy atom. The molecule has 0 amide bonds. The van der Waals surface area contributed by atoms with E-state index in [4.69, 9.17) is 28.0 Å². The Hall–Kier alpha value is -3.78. The molecule has 11 heteroatoms. The molecule has 0 aromatic heterocycles. The SMILES string of the molecule is COc1ccc(C(OC[C@H]2O[C@H](CC(=O)SCc3ccccc3)C[C@@H]2OP(OCCC#N)N(C(C)C)C(C)C)(c2ccccc2)c2ccc(OC)cc2)cc1. The van der Waals surface area contributed by atoms with Crippen LogP contribution < -0.4 is 9.47 Å². The van der Waals surface area contributed by atoms with E-state index in [0.29, 0.717) is 12.2 Å². The fraction of sp³-hybridized carbons (Fsp3) is 0.409. The van der Waals surface area contributed by atoms with Gasteiger partial charge < -0.3 is 28.0 Å². The molecule has 0 N–H and O–H groups in total. The Labute approximate surface area is 332 Å². The molecule has 1 aliphatic heterocycles. The van der Waals surface area contributed by atoms with Crippen LogP contribution in [0.15, 0.2) is 109 Å². The van der Waals surface area contributed by atoms with Crippen molar-refractivity contribution in [2.24, 2.45) is 0 Å². The average Bonchev–Trinajstić information content (AvgIpc) is 3.58. The largest absolute Gasteiger partial charge is 0.497 e. The summed E-state index contributed by atoms with van der Waals surface area (Å²) in [5.74, 6) is 2.06. The molecule has 0 radical (unpaired) electrons. The average molecular weight is 785 g/mol. The maximum atomic E-state index is 13.4. The van der Waals surface area contributed by atoms with E-state index in [1.165, 1.54) is 11.8 Å². The smallest absolute Gasteiger partial charge is 0.259 e. The van der Waals surface area contributed by atoms with Gasteiger partial charge in [-0.2, -0.15) is 5.26 Å². The van der Waals surface area contributed by atoms with Crippen LogP contribution >= 0.6 is 20.3 Å². The minimum atomic E-state index is -1.58. The van der Waals surface area contributed by atoms with Crippen molar-refractivity contribution in [1.29, 1.82) is 5.26 Å². The van der Waals surface area contributed by atoms with Crippen LogP contribution in [-0.2, 0) is 34.7 Å². The molecule has 1 fully saturated rings. The number of methoxy groups -OCH3 is 2. The number of rotatable bonds is 20. The third kappa shape index (κ3) is 11.2. The van der Waals surface area contributed by atoms with Gasteiger partial charge >= 0.3 is 0 Å². The molecule has 292 valence electrons. The molecule has 0 aliphatic carbocycles. The van der Waals surface area contributed by atoms with Crippen molar-refractivity contribution >= 4 is 25.4 Å². The first-order chi connectivity index (χ1) is 26.7. The maximum absolute atomic E-state index is 13.4. The molecule has 0 saturated carbocycles. The van der Waals surface area contributed by atoms with Crippen LogP contribution in [-0.4, -0.2) is 67.6 Å². The quantitative estimate of drug-likeness (QED) is 0.0490. The van der Waals surface area contributed by atoms with Gasteiger partial charge in [-0.05, 0) is 74.2 Å². The molecule has 1 unspecified atom stereocenters. The van der Waals surface area contributed by atoms with E-state index in [9.17, 15) is 10.1 Å². The number of thioether (sulfide) groups is 1. The highest BCUT2D eigenvalue weighted by molar-refractivity contribution is 8.12. The lowest BCUT2D eigenvalue weighted by Crippen LogP contribution is -2.39. The zero-order valence-electron chi connectivity index (χ0n) is 32.6. The van der Waals surface area contributed by atoms with Gasteiger partial charge in [-0.1, -0.05) is 96.7 Å². The second kappa shape index (κ2) is 20.9. The first kappa shape index (κ1) is 42.4. The summed E-state index contributed by atoms with van der Waals surface area (Å²) < 4.78 is 40.6. The maximum Gasteiger partial charge on any atom is 0.259 e. The highest BCUT2D eigenvalue weighted by Crippen LogP contribution is 2.50. The fourth-order valence-corrected chi connectivity index (χ4v) is 9.45. The molecule has 1 aliphatic rings. The van der Waals surface area contributed by atoms with Gasteiger partial charge in [0.25, 0.3) is 8.53 Å². The molecule has 4 atom stereocenters. The van der Waals surface area contributed by atoms with Gasteiger partial charge in [0.2, 0.25) is 0 Å². The number of carbonyl (C=O) groups is 1. The monoisotopic (exact) mass is 784 g/mol. The topological polar surface area (TPSA) is 99.5 Å². The van der Waals surface area contributed by atoms with E-state index < -0.39 is 26.3 Å². The minimum Gasteiger partial charge on any atom is -0.497 e.